The summed E-state index contributed by atoms with van der Waals surface area (Å²) in [5.41, 5.74) is -7.99. The first-order valence-corrected chi connectivity index (χ1v) is 12.4. The average Bonchev–Trinajstić information content (AvgIpc) is 3.21. The molecule has 1 N–H and O–H groups in total. The van der Waals surface area contributed by atoms with Crippen LogP contribution in [0.3, 0.4) is 0 Å². The zero-order chi connectivity index (χ0) is 30.1. The Morgan fingerprint density at radius 1 is 1.00 bits per heavy atom. The van der Waals surface area contributed by atoms with Gasteiger partial charge in [-0.05, 0) is 61.1 Å². The van der Waals surface area contributed by atoms with Gasteiger partial charge >= 0.3 is 18.0 Å². The fourth-order valence-corrected chi connectivity index (χ4v) is 8.19. The first-order chi connectivity index (χ1) is 18.2. The summed E-state index contributed by atoms with van der Waals surface area (Å²) in [5.74, 6) is -3.21. The Hall–Kier alpha value is -2.70. The summed E-state index contributed by atoms with van der Waals surface area (Å²) in [6.45, 7) is -3.08. The van der Waals surface area contributed by atoms with Crippen LogP contribution in [0.4, 0.5) is 35.1 Å². The van der Waals surface area contributed by atoms with Gasteiger partial charge in [-0.25, -0.2) is 17.2 Å². The van der Waals surface area contributed by atoms with Crippen molar-refractivity contribution in [1.29, 1.82) is 0 Å². The Kier molecular flexibility index (Phi) is 5.49. The van der Waals surface area contributed by atoms with Gasteiger partial charge in [-0.3, -0.25) is 4.79 Å². The lowest BCUT2D eigenvalue weighted by Crippen LogP contribution is -2.51. The number of amides is 1. The van der Waals surface area contributed by atoms with Gasteiger partial charge in [0, 0.05) is 28.5 Å². The fourth-order valence-electron chi connectivity index (χ4n) is 5.72. The topological polar surface area (TPSA) is 63.2 Å². The zero-order valence-electron chi connectivity index (χ0n) is 21.7. The molecule has 4 rings (SSSR count). The molecule has 2 aliphatic rings. The molecular formula is C24H21F8NO3S. The second kappa shape index (κ2) is 8.67. The molecular weight excluding hydrogens is 534 g/mol. The summed E-state index contributed by atoms with van der Waals surface area (Å²) in [7, 11) is -4.60. The minimum atomic E-state index is -6.38. The average molecular weight is 559 g/mol. The third kappa shape index (κ3) is 4.00. The van der Waals surface area contributed by atoms with E-state index in [9.17, 15) is 48.3 Å². The SMILES string of the molecule is [2H]C([2H])([2H])C(=O)N[C@@H]1CC[C@@]2(S(=O)(=O)c3ccc(F)cc3)c3ccc(C(F)(C(F)(F)F)C(F)(F)F)cc3CC[C@@H]12. The van der Waals surface area contributed by atoms with Crippen LogP contribution >= 0.6 is 0 Å². The molecule has 3 atom stereocenters. The van der Waals surface area contributed by atoms with Crippen molar-refractivity contribution in [3.8, 4) is 0 Å². The molecule has 1 fully saturated rings. The van der Waals surface area contributed by atoms with E-state index in [0.717, 1.165) is 24.3 Å². The van der Waals surface area contributed by atoms with Gasteiger partial charge in [0.15, 0.2) is 9.84 Å². The highest BCUT2D eigenvalue weighted by atomic mass is 32.2. The van der Waals surface area contributed by atoms with Crippen molar-refractivity contribution in [2.75, 3.05) is 0 Å². The lowest BCUT2D eigenvalue weighted by atomic mass is 9.74. The molecule has 2 aromatic rings. The summed E-state index contributed by atoms with van der Waals surface area (Å²) in [6, 6.07) is 3.82. The number of aryl methyl sites for hydroxylation is 1. The molecule has 37 heavy (non-hydrogen) atoms. The molecule has 4 nitrogen and oxygen atoms in total. The van der Waals surface area contributed by atoms with Crippen molar-refractivity contribution in [1.82, 2.24) is 5.32 Å². The summed E-state index contributed by atoms with van der Waals surface area (Å²) in [4.78, 5) is 11.8. The molecule has 1 amide bonds. The van der Waals surface area contributed by atoms with Crippen LogP contribution in [0.15, 0.2) is 47.4 Å². The van der Waals surface area contributed by atoms with Crippen molar-refractivity contribution in [2.24, 2.45) is 5.92 Å². The van der Waals surface area contributed by atoms with E-state index in [-0.39, 0.29) is 42.9 Å². The molecule has 0 radical (unpaired) electrons. The van der Waals surface area contributed by atoms with Gasteiger partial charge in [0.25, 0.3) is 0 Å². The first-order valence-electron chi connectivity index (χ1n) is 12.5. The third-order valence-electron chi connectivity index (χ3n) is 7.30. The van der Waals surface area contributed by atoms with Crippen molar-refractivity contribution >= 4 is 15.7 Å². The third-order valence-corrected chi connectivity index (χ3v) is 9.87. The zero-order valence-corrected chi connectivity index (χ0v) is 19.5. The van der Waals surface area contributed by atoms with Crippen LogP contribution in [0, 0.1) is 11.7 Å². The predicted molar refractivity (Wildman–Crippen MR) is 115 cm³/mol. The van der Waals surface area contributed by atoms with E-state index in [0.29, 0.717) is 12.1 Å². The van der Waals surface area contributed by atoms with Gasteiger partial charge in [-0.15, -0.1) is 0 Å². The van der Waals surface area contributed by atoms with Crippen molar-refractivity contribution < 1.29 is 52.4 Å². The number of rotatable bonds is 4. The van der Waals surface area contributed by atoms with Crippen LogP contribution in [0.25, 0.3) is 0 Å². The molecule has 2 aliphatic carbocycles. The van der Waals surface area contributed by atoms with Gasteiger partial charge < -0.3 is 5.32 Å². The van der Waals surface area contributed by atoms with E-state index in [1.54, 1.807) is 0 Å². The monoisotopic (exact) mass is 558 g/mol. The van der Waals surface area contributed by atoms with Crippen LogP contribution in [0.1, 0.15) is 46.9 Å². The number of halogens is 8. The Balaban J connectivity index is 1.92. The summed E-state index contributed by atoms with van der Waals surface area (Å²) >= 11 is 0. The van der Waals surface area contributed by atoms with Crippen LogP contribution in [0.5, 0.6) is 0 Å². The normalized spacial score (nSPS) is 25.9. The molecule has 0 bridgehead atoms. The highest BCUT2D eigenvalue weighted by Crippen LogP contribution is 2.59. The highest BCUT2D eigenvalue weighted by Gasteiger charge is 2.73. The summed E-state index contributed by atoms with van der Waals surface area (Å²) in [5, 5.41) is 2.30. The summed E-state index contributed by atoms with van der Waals surface area (Å²) in [6.07, 6.45) is -13.7. The molecule has 2 aromatic carbocycles. The number of sulfone groups is 1. The van der Waals surface area contributed by atoms with Gasteiger partial charge in [-0.1, -0.05) is 18.2 Å². The maximum Gasteiger partial charge on any atom is 0.435 e. The maximum absolute atomic E-state index is 14.8. The molecule has 13 heteroatoms. The van der Waals surface area contributed by atoms with E-state index in [2.05, 4.69) is 5.32 Å². The van der Waals surface area contributed by atoms with E-state index in [4.69, 9.17) is 4.11 Å². The number of hydrogen-bond donors (Lipinski definition) is 1. The quantitative estimate of drug-likeness (QED) is 0.390. The van der Waals surface area contributed by atoms with Crippen molar-refractivity contribution in [3.63, 3.8) is 0 Å². The number of nitrogens with one attached hydrogen (secondary N) is 1. The van der Waals surface area contributed by atoms with E-state index in [1.807, 2.05) is 0 Å². The van der Waals surface area contributed by atoms with Crippen LogP contribution < -0.4 is 5.32 Å². The number of hydrogen-bond acceptors (Lipinski definition) is 3. The Morgan fingerprint density at radius 3 is 2.19 bits per heavy atom. The van der Waals surface area contributed by atoms with Crippen molar-refractivity contribution in [2.45, 2.75) is 66.2 Å². The molecule has 1 saturated carbocycles. The van der Waals surface area contributed by atoms with E-state index in [1.165, 1.54) is 0 Å². The molecule has 0 aromatic heterocycles. The second-order valence-electron chi connectivity index (χ2n) is 9.14. The minimum Gasteiger partial charge on any atom is -0.353 e. The lowest BCUT2D eigenvalue weighted by Gasteiger charge is -2.43. The maximum atomic E-state index is 14.8. The highest BCUT2D eigenvalue weighted by molar-refractivity contribution is 7.92. The number of carbonyl (C=O) groups is 1. The molecule has 202 valence electrons. The van der Waals surface area contributed by atoms with E-state index >= 15 is 0 Å². The Morgan fingerprint density at radius 2 is 1.62 bits per heavy atom. The Labute approximate surface area is 211 Å². The standard InChI is InChI=1S/C24H21F8NO3S/c1-13(34)33-20-10-11-21(37(35,36)17-6-4-16(25)5-7-17)18-9-3-15(12-14(18)2-8-19(20)21)22(26,23(27,28)29)24(30,31)32/h3-7,9,12,19-20H,2,8,10-11H2,1H3,(H,33,34)/t19-,20+,21+/m0/s1/i1D3. The van der Waals surface area contributed by atoms with Crippen LogP contribution in [0.2, 0.25) is 0 Å². The van der Waals surface area contributed by atoms with Crippen LogP contribution in [-0.2, 0) is 31.5 Å². The van der Waals surface area contributed by atoms with Gasteiger partial charge in [0.1, 0.15) is 10.6 Å². The molecule has 0 aliphatic heterocycles. The smallest absolute Gasteiger partial charge is 0.353 e. The predicted octanol–water partition coefficient (Wildman–Crippen LogP) is 5.65. The minimum absolute atomic E-state index is 0.105. The van der Waals surface area contributed by atoms with Crippen molar-refractivity contribution in [3.05, 3.63) is 65.0 Å². The molecule has 0 spiro atoms. The fraction of sp³-hybridized carbons (Fsp3) is 0.458. The Bertz CT molecular complexity index is 1410. The van der Waals surface area contributed by atoms with Gasteiger partial charge in [-0.2, -0.15) is 26.3 Å². The number of benzene rings is 2. The number of fused-ring (bicyclic) bond motifs is 3. The number of carbonyl (C=O) groups excluding carboxylic acids is 1. The largest absolute Gasteiger partial charge is 0.435 e. The van der Waals surface area contributed by atoms with E-state index < -0.39 is 73.6 Å². The number of alkyl halides is 7. The molecule has 0 saturated heterocycles. The lowest BCUT2D eigenvalue weighted by molar-refractivity contribution is -0.348. The van der Waals surface area contributed by atoms with Gasteiger partial charge in [0.2, 0.25) is 5.91 Å². The van der Waals surface area contributed by atoms with Crippen LogP contribution in [-0.4, -0.2) is 32.7 Å². The summed E-state index contributed by atoms with van der Waals surface area (Å²) < 4.78 is 157. The first kappa shape index (κ1) is 23.4. The molecule has 0 heterocycles. The second-order valence-corrected chi connectivity index (χ2v) is 11.3. The van der Waals surface area contributed by atoms with Gasteiger partial charge in [0.05, 0.1) is 4.90 Å². The molecule has 0 unspecified atom stereocenters.